The van der Waals surface area contributed by atoms with Gasteiger partial charge in [0.25, 0.3) is 0 Å². The lowest BCUT2D eigenvalue weighted by molar-refractivity contribution is -0.122. The van der Waals surface area contributed by atoms with Gasteiger partial charge in [0, 0.05) is 0 Å². The van der Waals surface area contributed by atoms with Crippen molar-refractivity contribution in [2.45, 2.75) is 46.6 Å². The molecule has 0 unspecified atom stereocenters. The maximum Gasteiger partial charge on any atom is 0.244 e. The Bertz CT molecular complexity index is 956. The van der Waals surface area contributed by atoms with E-state index in [4.69, 9.17) is 4.74 Å². The molecule has 0 saturated carbocycles. The van der Waals surface area contributed by atoms with Crippen LogP contribution >= 0.6 is 0 Å². The summed E-state index contributed by atoms with van der Waals surface area (Å²) in [6.45, 7) is 8.36. The summed E-state index contributed by atoms with van der Waals surface area (Å²) in [6.07, 6.45) is 2.44. The Hall–Kier alpha value is -2.54. The Balaban J connectivity index is 2.05. The van der Waals surface area contributed by atoms with E-state index in [-0.39, 0.29) is 12.5 Å². The minimum Gasteiger partial charge on any atom is -0.492 e. The van der Waals surface area contributed by atoms with Gasteiger partial charge in [-0.2, -0.15) is 0 Å². The second-order valence-electron chi connectivity index (χ2n) is 7.39. The number of carbonyl (C=O) groups is 1. The Morgan fingerprint density at radius 3 is 2.27 bits per heavy atom. The van der Waals surface area contributed by atoms with E-state index in [2.05, 4.69) is 12.2 Å². The number of aryl methyl sites for hydroxylation is 3. The lowest BCUT2D eigenvalue weighted by Crippen LogP contribution is -2.50. The maximum atomic E-state index is 12.8. The topological polar surface area (TPSA) is 75.7 Å². The van der Waals surface area contributed by atoms with E-state index >= 15 is 0 Å². The van der Waals surface area contributed by atoms with Gasteiger partial charge in [0.15, 0.2) is 0 Å². The van der Waals surface area contributed by atoms with E-state index < -0.39 is 16.1 Å². The van der Waals surface area contributed by atoms with E-state index in [1.165, 1.54) is 9.87 Å². The molecular formula is C23H32N2O4S. The van der Waals surface area contributed by atoms with Crippen LogP contribution in [0.1, 0.15) is 37.0 Å². The standard InChI is InChI=1S/C23H32N2O4S/c1-6-19-9-12-21(13-10-19)29-15-14-24-23(26)22(7-2)25(30(5,27)28)20-11-8-17(3)18(4)16-20/h8-13,16,22H,6-7,14-15H2,1-5H3,(H,24,26)/t22-/m0/s1. The summed E-state index contributed by atoms with van der Waals surface area (Å²) in [4.78, 5) is 12.8. The second kappa shape index (κ2) is 10.5. The molecule has 0 aromatic heterocycles. The van der Waals surface area contributed by atoms with Crippen molar-refractivity contribution in [3.63, 3.8) is 0 Å². The molecule has 2 aromatic carbocycles. The summed E-state index contributed by atoms with van der Waals surface area (Å²) < 4.78 is 31.9. The number of benzene rings is 2. The van der Waals surface area contributed by atoms with Crippen LogP contribution in [0.4, 0.5) is 5.69 Å². The first kappa shape index (κ1) is 23.7. The highest BCUT2D eigenvalue weighted by Crippen LogP contribution is 2.25. The van der Waals surface area contributed by atoms with Crippen LogP contribution < -0.4 is 14.4 Å². The molecule has 0 spiro atoms. The van der Waals surface area contributed by atoms with Gasteiger partial charge >= 0.3 is 0 Å². The number of nitrogens with one attached hydrogen (secondary N) is 1. The molecule has 0 heterocycles. The van der Waals surface area contributed by atoms with Gasteiger partial charge in [0.05, 0.1) is 18.5 Å². The number of carbonyl (C=O) groups excluding carboxylic acids is 1. The van der Waals surface area contributed by atoms with E-state index in [1.807, 2.05) is 44.2 Å². The zero-order valence-electron chi connectivity index (χ0n) is 18.4. The van der Waals surface area contributed by atoms with Gasteiger partial charge in [-0.05, 0) is 67.6 Å². The molecule has 0 saturated heterocycles. The van der Waals surface area contributed by atoms with Crippen LogP contribution in [0.2, 0.25) is 0 Å². The highest BCUT2D eigenvalue weighted by Gasteiger charge is 2.31. The number of rotatable bonds is 10. The lowest BCUT2D eigenvalue weighted by atomic mass is 10.1. The van der Waals surface area contributed by atoms with Gasteiger partial charge < -0.3 is 10.1 Å². The zero-order valence-corrected chi connectivity index (χ0v) is 19.3. The minimum absolute atomic E-state index is 0.287. The summed E-state index contributed by atoms with van der Waals surface area (Å²) in [5.74, 6) is 0.396. The molecule has 7 heteroatoms. The Kier molecular flexibility index (Phi) is 8.29. The average Bonchev–Trinajstić information content (AvgIpc) is 2.71. The van der Waals surface area contributed by atoms with Gasteiger partial charge in [-0.15, -0.1) is 0 Å². The molecule has 0 fully saturated rings. The van der Waals surface area contributed by atoms with Crippen LogP contribution in [0.15, 0.2) is 42.5 Å². The van der Waals surface area contributed by atoms with Crippen molar-refractivity contribution in [3.05, 3.63) is 59.2 Å². The molecule has 2 rings (SSSR count). The number of amides is 1. The monoisotopic (exact) mass is 432 g/mol. The van der Waals surface area contributed by atoms with Crippen LogP contribution in [-0.4, -0.2) is 39.8 Å². The predicted octanol–water partition coefficient (Wildman–Crippen LogP) is 3.61. The van der Waals surface area contributed by atoms with E-state index in [0.717, 1.165) is 29.6 Å². The smallest absolute Gasteiger partial charge is 0.244 e. The molecule has 0 bridgehead atoms. The summed E-state index contributed by atoms with van der Waals surface area (Å²) >= 11 is 0. The molecule has 1 N–H and O–H groups in total. The van der Waals surface area contributed by atoms with Crippen molar-refractivity contribution in [1.82, 2.24) is 5.32 Å². The molecule has 6 nitrogen and oxygen atoms in total. The van der Waals surface area contributed by atoms with Gasteiger partial charge in [-0.25, -0.2) is 8.42 Å². The van der Waals surface area contributed by atoms with Gasteiger partial charge in [0.2, 0.25) is 15.9 Å². The first-order chi connectivity index (χ1) is 14.2. The first-order valence-corrected chi connectivity index (χ1v) is 12.1. The molecule has 1 amide bonds. The number of anilines is 1. The number of hydrogen-bond donors (Lipinski definition) is 1. The van der Waals surface area contributed by atoms with Crippen LogP contribution in [0.25, 0.3) is 0 Å². The molecule has 1 atom stereocenters. The fraction of sp³-hybridized carbons (Fsp3) is 0.435. The van der Waals surface area contributed by atoms with Crippen LogP contribution in [0.5, 0.6) is 5.75 Å². The fourth-order valence-corrected chi connectivity index (χ4v) is 4.41. The summed E-state index contributed by atoms with van der Waals surface area (Å²) in [7, 11) is -3.64. The highest BCUT2D eigenvalue weighted by atomic mass is 32.2. The lowest BCUT2D eigenvalue weighted by Gasteiger charge is -2.30. The number of ether oxygens (including phenoxy) is 1. The quantitative estimate of drug-likeness (QED) is 0.582. The maximum absolute atomic E-state index is 12.8. The van der Waals surface area contributed by atoms with Crippen LogP contribution in [-0.2, 0) is 21.2 Å². The largest absolute Gasteiger partial charge is 0.492 e. The molecule has 0 radical (unpaired) electrons. The third kappa shape index (κ3) is 6.23. The summed E-state index contributed by atoms with van der Waals surface area (Å²) in [5, 5.41) is 2.80. The molecule has 2 aromatic rings. The Morgan fingerprint density at radius 1 is 1.07 bits per heavy atom. The van der Waals surface area contributed by atoms with Gasteiger partial charge in [0.1, 0.15) is 18.4 Å². The Morgan fingerprint density at radius 2 is 1.73 bits per heavy atom. The van der Waals surface area contributed by atoms with Crippen molar-refractivity contribution >= 4 is 21.6 Å². The van der Waals surface area contributed by atoms with Crippen molar-refractivity contribution in [3.8, 4) is 5.75 Å². The zero-order chi connectivity index (χ0) is 22.3. The predicted molar refractivity (Wildman–Crippen MR) is 122 cm³/mol. The molecular weight excluding hydrogens is 400 g/mol. The highest BCUT2D eigenvalue weighted by molar-refractivity contribution is 7.92. The fourth-order valence-electron chi connectivity index (χ4n) is 3.21. The molecule has 0 aliphatic rings. The number of hydrogen-bond acceptors (Lipinski definition) is 4. The average molecular weight is 433 g/mol. The van der Waals surface area contributed by atoms with E-state index in [1.54, 1.807) is 19.1 Å². The SMILES string of the molecule is CCc1ccc(OCCNC(=O)[C@H](CC)N(c2ccc(C)c(C)c2)S(C)(=O)=O)cc1. The molecule has 30 heavy (non-hydrogen) atoms. The van der Waals surface area contributed by atoms with E-state index in [9.17, 15) is 13.2 Å². The number of nitrogens with zero attached hydrogens (tertiary/aromatic N) is 1. The molecule has 0 aliphatic carbocycles. The van der Waals surface area contributed by atoms with Crippen LogP contribution in [0.3, 0.4) is 0 Å². The van der Waals surface area contributed by atoms with Gasteiger partial charge in [-0.3, -0.25) is 9.10 Å². The first-order valence-electron chi connectivity index (χ1n) is 10.2. The number of sulfonamides is 1. The van der Waals surface area contributed by atoms with Crippen LogP contribution in [0, 0.1) is 13.8 Å². The molecule has 0 aliphatic heterocycles. The Labute approximate surface area is 180 Å². The normalized spacial score (nSPS) is 12.3. The third-order valence-corrected chi connectivity index (χ3v) is 6.26. The van der Waals surface area contributed by atoms with Gasteiger partial charge in [-0.1, -0.05) is 32.0 Å². The molecule has 164 valence electrons. The van der Waals surface area contributed by atoms with E-state index in [0.29, 0.717) is 18.7 Å². The van der Waals surface area contributed by atoms with Crippen molar-refractivity contribution in [1.29, 1.82) is 0 Å². The summed E-state index contributed by atoms with van der Waals surface area (Å²) in [5.41, 5.74) is 3.76. The van der Waals surface area contributed by atoms with Crippen molar-refractivity contribution < 1.29 is 17.9 Å². The van der Waals surface area contributed by atoms with Crippen molar-refractivity contribution in [2.24, 2.45) is 0 Å². The third-order valence-electron chi connectivity index (χ3n) is 5.08. The summed E-state index contributed by atoms with van der Waals surface area (Å²) in [6, 6.07) is 12.4. The van der Waals surface area contributed by atoms with Crippen molar-refractivity contribution in [2.75, 3.05) is 23.7 Å². The minimum atomic E-state index is -3.64. The second-order valence-corrected chi connectivity index (χ2v) is 9.25.